The molecule has 0 bridgehead atoms. The first kappa shape index (κ1) is 17.7. The fraction of sp³-hybridized carbons (Fsp3) is 0.222. The molecule has 0 unspecified atom stereocenters. The van der Waals surface area contributed by atoms with Crippen molar-refractivity contribution < 1.29 is 23.0 Å². The van der Waals surface area contributed by atoms with Gasteiger partial charge in [0, 0.05) is 37.1 Å². The third-order valence-electron chi connectivity index (χ3n) is 3.61. The second-order valence-electron chi connectivity index (χ2n) is 5.23. The average molecular weight is 361 g/mol. The van der Waals surface area contributed by atoms with Crippen LogP contribution in [0.3, 0.4) is 0 Å². The number of nitrogens with zero attached hydrogens (tertiary/aromatic N) is 2. The highest BCUT2D eigenvalue weighted by Crippen LogP contribution is 2.38. The monoisotopic (exact) mass is 361 g/mol. The first-order valence-electron chi connectivity index (χ1n) is 7.88. The lowest BCUT2D eigenvalue weighted by molar-refractivity contribution is 0.317. The first-order valence-corrected chi connectivity index (χ1v) is 7.88. The van der Waals surface area contributed by atoms with Crippen molar-refractivity contribution in [1.29, 1.82) is 0 Å². The van der Waals surface area contributed by atoms with Gasteiger partial charge in [-0.1, -0.05) is 0 Å². The van der Waals surface area contributed by atoms with E-state index in [9.17, 15) is 8.78 Å². The molecule has 136 valence electrons. The van der Waals surface area contributed by atoms with E-state index in [0.29, 0.717) is 29.1 Å². The summed E-state index contributed by atoms with van der Waals surface area (Å²) in [6.45, 7) is 2.25. The van der Waals surface area contributed by atoms with E-state index in [2.05, 4.69) is 15.3 Å². The van der Waals surface area contributed by atoms with Crippen LogP contribution in [0.15, 0.2) is 30.5 Å². The fourth-order valence-corrected chi connectivity index (χ4v) is 2.46. The van der Waals surface area contributed by atoms with E-state index in [-0.39, 0.29) is 11.6 Å². The van der Waals surface area contributed by atoms with Crippen LogP contribution in [0, 0.1) is 11.6 Å². The quantitative estimate of drug-likeness (QED) is 0.712. The SMILES string of the molecule is CCOc1cc2nccc(Oc3c(F)cc(NC)cc3F)c2c(OC)n1. The van der Waals surface area contributed by atoms with Crippen LogP contribution in [0.2, 0.25) is 0 Å². The summed E-state index contributed by atoms with van der Waals surface area (Å²) < 4.78 is 44.7. The highest BCUT2D eigenvalue weighted by Gasteiger charge is 2.18. The number of anilines is 1. The minimum atomic E-state index is -0.836. The normalized spacial score (nSPS) is 10.7. The second-order valence-corrected chi connectivity index (χ2v) is 5.23. The van der Waals surface area contributed by atoms with Crippen molar-refractivity contribution in [2.75, 3.05) is 26.1 Å². The molecule has 3 aromatic rings. The lowest BCUT2D eigenvalue weighted by atomic mass is 10.2. The summed E-state index contributed by atoms with van der Waals surface area (Å²) in [5.41, 5.74) is 0.762. The van der Waals surface area contributed by atoms with Crippen molar-refractivity contribution in [3.05, 3.63) is 42.1 Å². The Balaban J connectivity index is 2.12. The number of halogens is 2. The summed E-state index contributed by atoms with van der Waals surface area (Å²) in [5.74, 6) is -1.52. The highest BCUT2D eigenvalue weighted by atomic mass is 19.1. The third-order valence-corrected chi connectivity index (χ3v) is 3.61. The van der Waals surface area contributed by atoms with E-state index in [0.717, 1.165) is 12.1 Å². The van der Waals surface area contributed by atoms with Gasteiger partial charge in [-0.25, -0.2) is 8.78 Å². The zero-order valence-electron chi connectivity index (χ0n) is 14.5. The molecule has 0 saturated carbocycles. The largest absolute Gasteiger partial charge is 0.480 e. The van der Waals surface area contributed by atoms with Crippen molar-refractivity contribution in [3.8, 4) is 23.3 Å². The van der Waals surface area contributed by atoms with Crippen LogP contribution in [0.5, 0.6) is 23.3 Å². The van der Waals surface area contributed by atoms with Gasteiger partial charge in [0.2, 0.25) is 11.8 Å². The maximum Gasteiger partial charge on any atom is 0.229 e. The Morgan fingerprint density at radius 3 is 2.50 bits per heavy atom. The second kappa shape index (κ2) is 7.38. The van der Waals surface area contributed by atoms with E-state index in [1.54, 1.807) is 13.1 Å². The minimum absolute atomic E-state index is 0.164. The van der Waals surface area contributed by atoms with Gasteiger partial charge in [0.15, 0.2) is 17.4 Å². The smallest absolute Gasteiger partial charge is 0.229 e. The number of aromatic nitrogens is 2. The number of benzene rings is 1. The van der Waals surface area contributed by atoms with Crippen LogP contribution in [-0.2, 0) is 0 Å². The average Bonchev–Trinajstić information content (AvgIpc) is 2.63. The van der Waals surface area contributed by atoms with Gasteiger partial charge in [-0.05, 0) is 13.0 Å². The summed E-state index contributed by atoms with van der Waals surface area (Å²) in [6.07, 6.45) is 1.46. The predicted octanol–water partition coefficient (Wildman–Crippen LogP) is 4.15. The fourth-order valence-electron chi connectivity index (χ4n) is 2.46. The van der Waals surface area contributed by atoms with E-state index < -0.39 is 17.4 Å². The van der Waals surface area contributed by atoms with E-state index in [4.69, 9.17) is 14.2 Å². The Bertz CT molecular complexity index is 927. The molecule has 0 spiro atoms. The number of hydrogen-bond donors (Lipinski definition) is 1. The van der Waals surface area contributed by atoms with Gasteiger partial charge in [0.05, 0.1) is 19.2 Å². The van der Waals surface area contributed by atoms with Gasteiger partial charge in [-0.2, -0.15) is 4.98 Å². The van der Waals surface area contributed by atoms with Crippen LogP contribution in [-0.4, -0.2) is 30.7 Å². The van der Waals surface area contributed by atoms with Gasteiger partial charge in [-0.3, -0.25) is 4.98 Å². The zero-order chi connectivity index (χ0) is 18.7. The maximum absolute atomic E-state index is 14.2. The molecule has 0 amide bonds. The van der Waals surface area contributed by atoms with Crippen LogP contribution in [0.25, 0.3) is 10.9 Å². The lowest BCUT2D eigenvalue weighted by Gasteiger charge is -2.14. The molecule has 6 nitrogen and oxygen atoms in total. The molecule has 0 radical (unpaired) electrons. The number of nitrogens with one attached hydrogen (secondary N) is 1. The molecule has 0 fully saturated rings. The zero-order valence-corrected chi connectivity index (χ0v) is 14.5. The van der Waals surface area contributed by atoms with E-state index in [1.807, 2.05) is 6.92 Å². The molecule has 0 atom stereocenters. The molecule has 3 rings (SSSR count). The number of methoxy groups -OCH3 is 1. The molecule has 1 aromatic carbocycles. The molecule has 0 aliphatic rings. The van der Waals surface area contributed by atoms with Gasteiger partial charge in [0.1, 0.15) is 11.1 Å². The van der Waals surface area contributed by atoms with E-state index in [1.165, 1.54) is 19.4 Å². The molecule has 2 aromatic heterocycles. The van der Waals surface area contributed by atoms with Crippen molar-refractivity contribution in [3.63, 3.8) is 0 Å². The number of rotatable bonds is 6. The number of pyridine rings is 2. The molecule has 0 aliphatic carbocycles. The Morgan fingerprint density at radius 1 is 1.15 bits per heavy atom. The van der Waals surface area contributed by atoms with Crippen molar-refractivity contribution in [1.82, 2.24) is 9.97 Å². The molecular weight excluding hydrogens is 344 g/mol. The lowest BCUT2D eigenvalue weighted by Crippen LogP contribution is -2.00. The Hall–Kier alpha value is -3.16. The predicted molar refractivity (Wildman–Crippen MR) is 93.2 cm³/mol. The topological polar surface area (TPSA) is 65.5 Å². The molecule has 0 saturated heterocycles. The van der Waals surface area contributed by atoms with Crippen molar-refractivity contribution in [2.45, 2.75) is 6.92 Å². The molecule has 8 heteroatoms. The summed E-state index contributed by atoms with van der Waals surface area (Å²) in [4.78, 5) is 8.45. The maximum atomic E-state index is 14.2. The Labute approximate surface area is 148 Å². The van der Waals surface area contributed by atoms with Crippen LogP contribution >= 0.6 is 0 Å². The minimum Gasteiger partial charge on any atom is -0.480 e. The summed E-state index contributed by atoms with van der Waals surface area (Å²) in [6, 6.07) is 5.37. The van der Waals surface area contributed by atoms with Gasteiger partial charge >= 0.3 is 0 Å². The summed E-state index contributed by atoms with van der Waals surface area (Å²) in [7, 11) is 2.99. The van der Waals surface area contributed by atoms with Crippen LogP contribution in [0.4, 0.5) is 14.5 Å². The molecule has 26 heavy (non-hydrogen) atoms. The molecule has 0 aliphatic heterocycles. The number of ether oxygens (including phenoxy) is 3. The van der Waals surface area contributed by atoms with E-state index >= 15 is 0 Å². The van der Waals surface area contributed by atoms with Gasteiger partial charge in [-0.15, -0.1) is 0 Å². The molecule has 1 N–H and O–H groups in total. The van der Waals surface area contributed by atoms with Crippen molar-refractivity contribution in [2.24, 2.45) is 0 Å². The van der Waals surface area contributed by atoms with Crippen LogP contribution in [0.1, 0.15) is 6.92 Å². The van der Waals surface area contributed by atoms with Gasteiger partial charge in [0.25, 0.3) is 0 Å². The summed E-state index contributed by atoms with van der Waals surface area (Å²) in [5, 5.41) is 3.06. The standard InChI is InChI=1S/C18H17F2N3O3/c1-4-25-15-9-13-16(18(23-15)24-3)14(5-6-22-13)26-17-11(19)7-10(21-2)8-12(17)20/h5-9,21H,4H2,1-3H3. The third kappa shape index (κ3) is 3.30. The number of fused-ring (bicyclic) bond motifs is 1. The van der Waals surface area contributed by atoms with Crippen molar-refractivity contribution >= 4 is 16.6 Å². The Kier molecular flexibility index (Phi) is 5.01. The van der Waals surface area contributed by atoms with Gasteiger partial charge < -0.3 is 19.5 Å². The highest BCUT2D eigenvalue weighted by molar-refractivity contribution is 5.90. The molecule has 2 heterocycles. The number of hydrogen-bond acceptors (Lipinski definition) is 6. The Morgan fingerprint density at radius 2 is 1.88 bits per heavy atom. The van der Waals surface area contributed by atoms with Crippen LogP contribution < -0.4 is 19.5 Å². The first-order chi connectivity index (χ1) is 12.6. The molecular formula is C18H17F2N3O3. The summed E-state index contributed by atoms with van der Waals surface area (Å²) >= 11 is 0.